The van der Waals surface area contributed by atoms with Gasteiger partial charge in [0.1, 0.15) is 17.3 Å². The zero-order valence-electron chi connectivity index (χ0n) is 14.2. The van der Waals surface area contributed by atoms with Gasteiger partial charge < -0.3 is 15.8 Å². The van der Waals surface area contributed by atoms with Crippen molar-refractivity contribution in [3.63, 3.8) is 0 Å². The monoisotopic (exact) mass is 336 g/mol. The second-order valence-electron chi connectivity index (χ2n) is 5.94. The first-order chi connectivity index (χ1) is 12.0. The molecule has 0 bridgehead atoms. The third-order valence-electron chi connectivity index (χ3n) is 3.69. The Kier molecular flexibility index (Phi) is 4.79. The van der Waals surface area contributed by atoms with E-state index in [4.69, 9.17) is 10.5 Å². The number of anilines is 1. The molecule has 0 saturated heterocycles. The van der Waals surface area contributed by atoms with Crippen molar-refractivity contribution in [2.45, 2.75) is 26.5 Å². The number of hydrogen-bond acceptors (Lipinski definition) is 5. The smallest absolute Gasteiger partial charge is 0.268 e. The van der Waals surface area contributed by atoms with Gasteiger partial charge in [0, 0.05) is 12.1 Å². The predicted octanol–water partition coefficient (Wildman–Crippen LogP) is 3.13. The molecule has 0 aliphatic heterocycles. The summed E-state index contributed by atoms with van der Waals surface area (Å²) in [7, 11) is 0. The van der Waals surface area contributed by atoms with E-state index in [2.05, 4.69) is 27.4 Å². The summed E-state index contributed by atoms with van der Waals surface area (Å²) in [5.41, 5.74) is 6.41. The van der Waals surface area contributed by atoms with Crippen LogP contribution in [0, 0.1) is 0 Å². The van der Waals surface area contributed by atoms with Crippen LogP contribution in [-0.2, 0) is 6.54 Å². The topological polar surface area (TPSA) is 90.1 Å². The highest BCUT2D eigenvalue weighted by Gasteiger charge is 2.11. The summed E-state index contributed by atoms with van der Waals surface area (Å²) < 4.78 is 5.95. The Morgan fingerprint density at radius 2 is 2.00 bits per heavy atom. The van der Waals surface area contributed by atoms with Crippen molar-refractivity contribution < 1.29 is 9.53 Å². The number of benzene rings is 2. The minimum absolute atomic E-state index is 0.0675. The third kappa shape index (κ3) is 3.85. The number of nitrogens with zero attached hydrogens (tertiary/aromatic N) is 2. The summed E-state index contributed by atoms with van der Waals surface area (Å²) in [6.45, 7) is 4.47. The standard InChI is InChI=1S/C19H20N4O2/c1-12(2)25-17-8-7-13-5-3-4-6-14(13)15(17)9-22-18-11-21-10-16(23-18)19(20)24/h3-8,10-12H,9H2,1-2H3,(H2,20,24)(H,22,23). The molecule has 2 aromatic carbocycles. The molecule has 128 valence electrons. The molecule has 0 aliphatic carbocycles. The van der Waals surface area contributed by atoms with Crippen LogP contribution in [0.25, 0.3) is 10.8 Å². The lowest BCUT2D eigenvalue weighted by atomic mass is 10.0. The minimum atomic E-state index is -0.606. The summed E-state index contributed by atoms with van der Waals surface area (Å²) in [5, 5.41) is 5.44. The fourth-order valence-corrected chi connectivity index (χ4v) is 2.61. The molecule has 1 heterocycles. The first-order valence-electron chi connectivity index (χ1n) is 8.07. The SMILES string of the molecule is CC(C)Oc1ccc2ccccc2c1CNc1cncc(C(N)=O)n1. The zero-order valence-corrected chi connectivity index (χ0v) is 14.2. The summed E-state index contributed by atoms with van der Waals surface area (Å²) in [6.07, 6.45) is 2.97. The molecule has 3 rings (SSSR count). The van der Waals surface area contributed by atoms with Crippen LogP contribution in [0.1, 0.15) is 29.9 Å². The molecule has 6 nitrogen and oxygen atoms in total. The second-order valence-corrected chi connectivity index (χ2v) is 5.94. The number of nitrogens with two attached hydrogens (primary N) is 1. The average molecular weight is 336 g/mol. The molecule has 6 heteroatoms. The van der Waals surface area contributed by atoms with Crippen molar-refractivity contribution >= 4 is 22.5 Å². The molecule has 0 fully saturated rings. The van der Waals surface area contributed by atoms with Gasteiger partial charge in [-0.05, 0) is 30.7 Å². The number of rotatable bonds is 6. The van der Waals surface area contributed by atoms with Gasteiger partial charge in [0.15, 0.2) is 0 Å². The number of primary amides is 1. The highest BCUT2D eigenvalue weighted by Crippen LogP contribution is 2.29. The van der Waals surface area contributed by atoms with E-state index < -0.39 is 5.91 Å². The number of carbonyl (C=O) groups is 1. The quantitative estimate of drug-likeness (QED) is 0.722. The van der Waals surface area contributed by atoms with Gasteiger partial charge in [-0.2, -0.15) is 0 Å². The highest BCUT2D eigenvalue weighted by molar-refractivity contribution is 5.91. The lowest BCUT2D eigenvalue weighted by Gasteiger charge is -2.17. The lowest BCUT2D eigenvalue weighted by molar-refractivity contribution is 0.0995. The van der Waals surface area contributed by atoms with Gasteiger partial charge in [-0.25, -0.2) is 4.98 Å². The fraction of sp³-hybridized carbons (Fsp3) is 0.211. The first kappa shape index (κ1) is 16.7. The maximum absolute atomic E-state index is 11.2. The van der Waals surface area contributed by atoms with E-state index in [1.54, 1.807) is 6.20 Å². The van der Waals surface area contributed by atoms with Crippen molar-refractivity contribution in [1.29, 1.82) is 0 Å². The van der Waals surface area contributed by atoms with Gasteiger partial charge in [-0.15, -0.1) is 0 Å². The Labute approximate surface area is 146 Å². The largest absolute Gasteiger partial charge is 0.491 e. The highest BCUT2D eigenvalue weighted by atomic mass is 16.5. The summed E-state index contributed by atoms with van der Waals surface area (Å²) in [4.78, 5) is 19.4. The van der Waals surface area contributed by atoms with Crippen molar-refractivity contribution in [3.8, 4) is 5.75 Å². The molecule has 0 aliphatic rings. The number of hydrogen-bond donors (Lipinski definition) is 2. The van der Waals surface area contributed by atoms with Crippen LogP contribution in [0.15, 0.2) is 48.8 Å². The molecule has 3 N–H and O–H groups in total. The van der Waals surface area contributed by atoms with E-state index in [1.807, 2.05) is 38.1 Å². The Balaban J connectivity index is 1.94. The zero-order chi connectivity index (χ0) is 17.8. The molecule has 25 heavy (non-hydrogen) atoms. The van der Waals surface area contributed by atoms with Gasteiger partial charge in [0.2, 0.25) is 0 Å². The van der Waals surface area contributed by atoms with Gasteiger partial charge in [-0.3, -0.25) is 9.78 Å². The van der Waals surface area contributed by atoms with E-state index in [1.165, 1.54) is 6.20 Å². The van der Waals surface area contributed by atoms with Crippen LogP contribution >= 0.6 is 0 Å². The van der Waals surface area contributed by atoms with Gasteiger partial charge in [-0.1, -0.05) is 30.3 Å². The van der Waals surface area contributed by atoms with Crippen LogP contribution in [0.5, 0.6) is 5.75 Å². The maximum atomic E-state index is 11.2. The third-order valence-corrected chi connectivity index (χ3v) is 3.69. The van der Waals surface area contributed by atoms with Crippen molar-refractivity contribution in [2.75, 3.05) is 5.32 Å². The number of aromatic nitrogens is 2. The van der Waals surface area contributed by atoms with Crippen molar-refractivity contribution in [3.05, 3.63) is 60.0 Å². The molecule has 0 saturated carbocycles. The number of fused-ring (bicyclic) bond motifs is 1. The molecule has 1 amide bonds. The number of amides is 1. The molecular weight excluding hydrogens is 316 g/mol. The van der Waals surface area contributed by atoms with Crippen LogP contribution in [0.2, 0.25) is 0 Å². The van der Waals surface area contributed by atoms with Gasteiger partial charge >= 0.3 is 0 Å². The predicted molar refractivity (Wildman–Crippen MR) is 97.6 cm³/mol. The number of ether oxygens (including phenoxy) is 1. The lowest BCUT2D eigenvalue weighted by Crippen LogP contribution is -2.15. The normalized spacial score (nSPS) is 10.8. The van der Waals surface area contributed by atoms with Crippen molar-refractivity contribution in [1.82, 2.24) is 9.97 Å². The summed E-state index contributed by atoms with van der Waals surface area (Å²) in [5.74, 6) is 0.699. The van der Waals surface area contributed by atoms with Crippen LogP contribution in [0.3, 0.4) is 0 Å². The van der Waals surface area contributed by atoms with Crippen LogP contribution < -0.4 is 15.8 Å². The first-order valence-corrected chi connectivity index (χ1v) is 8.07. The van der Waals surface area contributed by atoms with Crippen LogP contribution in [-0.4, -0.2) is 22.0 Å². The number of nitrogens with one attached hydrogen (secondary N) is 1. The molecule has 0 radical (unpaired) electrons. The molecular formula is C19H20N4O2. The van der Waals surface area contributed by atoms with E-state index in [0.717, 1.165) is 22.1 Å². The van der Waals surface area contributed by atoms with Gasteiger partial charge in [0.25, 0.3) is 5.91 Å². The Morgan fingerprint density at radius 1 is 1.20 bits per heavy atom. The summed E-state index contributed by atoms with van der Waals surface area (Å²) in [6, 6.07) is 12.1. The number of carbonyl (C=O) groups excluding carboxylic acids is 1. The molecule has 0 atom stereocenters. The molecule has 3 aromatic rings. The second kappa shape index (κ2) is 7.17. The minimum Gasteiger partial charge on any atom is -0.491 e. The van der Waals surface area contributed by atoms with E-state index in [9.17, 15) is 4.79 Å². The van der Waals surface area contributed by atoms with Crippen LogP contribution in [0.4, 0.5) is 5.82 Å². The molecule has 0 unspecified atom stereocenters. The molecule has 1 aromatic heterocycles. The maximum Gasteiger partial charge on any atom is 0.268 e. The van der Waals surface area contributed by atoms with E-state index >= 15 is 0 Å². The van der Waals surface area contributed by atoms with Crippen molar-refractivity contribution in [2.24, 2.45) is 5.73 Å². The van der Waals surface area contributed by atoms with Gasteiger partial charge in [0.05, 0.1) is 18.5 Å². The summed E-state index contributed by atoms with van der Waals surface area (Å²) >= 11 is 0. The Bertz CT molecular complexity index is 909. The average Bonchev–Trinajstić information content (AvgIpc) is 2.60. The van der Waals surface area contributed by atoms with E-state index in [-0.39, 0.29) is 11.8 Å². The Hall–Kier alpha value is -3.15. The molecule has 0 spiro atoms. The fourth-order valence-electron chi connectivity index (χ4n) is 2.61. The Morgan fingerprint density at radius 3 is 2.76 bits per heavy atom. The van der Waals surface area contributed by atoms with E-state index in [0.29, 0.717) is 12.4 Å².